The molecule has 2 unspecified atom stereocenters. The second-order valence-corrected chi connectivity index (χ2v) is 8.29. The van der Waals surface area contributed by atoms with E-state index < -0.39 is 10.8 Å². The molecule has 19 heavy (non-hydrogen) atoms. The molecule has 0 aliphatic heterocycles. The highest BCUT2D eigenvalue weighted by Gasteiger charge is 2.20. The molecule has 0 bridgehead atoms. The van der Waals surface area contributed by atoms with Gasteiger partial charge in [-0.25, -0.2) is 4.98 Å². The highest BCUT2D eigenvalue weighted by atomic mass is 32.2. The monoisotopic (exact) mass is 303 g/mol. The smallest absolute Gasteiger partial charge is 0.306 e. The Labute approximate surface area is 121 Å². The van der Waals surface area contributed by atoms with E-state index in [-0.39, 0.29) is 23.1 Å². The second kappa shape index (κ2) is 6.61. The Bertz CT molecular complexity index is 463. The van der Waals surface area contributed by atoms with Crippen molar-refractivity contribution in [3.8, 4) is 0 Å². The largest absolute Gasteiger partial charge is 0.469 e. The Kier molecular flexibility index (Phi) is 5.67. The fourth-order valence-corrected chi connectivity index (χ4v) is 3.74. The summed E-state index contributed by atoms with van der Waals surface area (Å²) in [6, 6.07) is 0. The molecule has 0 saturated heterocycles. The van der Waals surface area contributed by atoms with Gasteiger partial charge in [0.2, 0.25) is 0 Å². The lowest BCUT2D eigenvalue weighted by Gasteiger charge is -2.14. The van der Waals surface area contributed by atoms with Crippen LogP contribution in [0.5, 0.6) is 0 Å². The van der Waals surface area contributed by atoms with E-state index in [1.807, 2.05) is 5.38 Å². The first-order valence-corrected chi connectivity index (χ1v) is 8.39. The highest BCUT2D eigenvalue weighted by Crippen LogP contribution is 2.24. The molecule has 0 amide bonds. The van der Waals surface area contributed by atoms with Crippen LogP contribution in [0.4, 0.5) is 0 Å². The minimum Gasteiger partial charge on any atom is -0.469 e. The Balaban J connectivity index is 2.62. The number of nitrogens with zero attached hydrogens (tertiary/aromatic N) is 1. The third kappa shape index (κ3) is 5.03. The van der Waals surface area contributed by atoms with Crippen LogP contribution in [0.15, 0.2) is 5.38 Å². The molecule has 0 radical (unpaired) electrons. The van der Waals surface area contributed by atoms with Crippen LogP contribution in [-0.2, 0) is 31.5 Å². The summed E-state index contributed by atoms with van der Waals surface area (Å²) >= 11 is 1.53. The summed E-state index contributed by atoms with van der Waals surface area (Å²) in [5.41, 5.74) is 1.03. The fourth-order valence-electron chi connectivity index (χ4n) is 1.40. The maximum atomic E-state index is 12.1. The van der Waals surface area contributed by atoms with E-state index >= 15 is 0 Å². The van der Waals surface area contributed by atoms with E-state index in [0.717, 1.165) is 10.7 Å². The Morgan fingerprint density at radius 1 is 1.53 bits per heavy atom. The van der Waals surface area contributed by atoms with Crippen LogP contribution < -0.4 is 0 Å². The normalized spacial score (nSPS) is 15.0. The number of carbonyl (C=O) groups is 1. The number of esters is 1. The summed E-state index contributed by atoms with van der Waals surface area (Å²) in [5, 5.41) is 2.66. The zero-order valence-corrected chi connectivity index (χ0v) is 13.7. The molecule has 0 aliphatic carbocycles. The average Bonchev–Trinajstić information content (AvgIpc) is 2.76. The summed E-state index contributed by atoms with van der Waals surface area (Å²) in [6.45, 7) is 8.10. The minimum atomic E-state index is -1.10. The summed E-state index contributed by atoms with van der Waals surface area (Å²) < 4.78 is 16.7. The first-order chi connectivity index (χ1) is 8.74. The van der Waals surface area contributed by atoms with Crippen molar-refractivity contribution in [3.05, 3.63) is 16.1 Å². The molecule has 0 aromatic carbocycles. The lowest BCUT2D eigenvalue weighted by Crippen LogP contribution is -2.18. The predicted octanol–water partition coefficient (Wildman–Crippen LogP) is 2.64. The van der Waals surface area contributed by atoms with E-state index in [1.54, 1.807) is 6.92 Å². The number of hydrogen-bond donors (Lipinski definition) is 0. The van der Waals surface area contributed by atoms with Crippen molar-refractivity contribution in [2.45, 2.75) is 50.5 Å². The average molecular weight is 303 g/mol. The van der Waals surface area contributed by atoms with Crippen LogP contribution in [-0.4, -0.2) is 27.5 Å². The lowest BCUT2D eigenvalue weighted by atomic mass is 9.93. The number of methoxy groups -OCH3 is 1. The van der Waals surface area contributed by atoms with Crippen molar-refractivity contribution in [2.75, 3.05) is 7.11 Å². The lowest BCUT2D eigenvalue weighted by molar-refractivity contribution is -0.140. The van der Waals surface area contributed by atoms with Gasteiger partial charge < -0.3 is 4.74 Å². The summed E-state index contributed by atoms with van der Waals surface area (Å²) in [7, 11) is 0.237. The van der Waals surface area contributed by atoms with Crippen molar-refractivity contribution >= 4 is 28.1 Å². The third-order valence-corrected chi connectivity index (χ3v) is 5.37. The topological polar surface area (TPSA) is 56.3 Å². The Morgan fingerprint density at radius 3 is 2.63 bits per heavy atom. The number of aromatic nitrogens is 1. The predicted molar refractivity (Wildman–Crippen MR) is 78.8 cm³/mol. The molecular weight excluding hydrogens is 282 g/mol. The maximum Gasteiger partial charge on any atom is 0.306 e. The first kappa shape index (κ1) is 16.3. The van der Waals surface area contributed by atoms with Crippen molar-refractivity contribution < 1.29 is 13.7 Å². The molecule has 108 valence electrons. The van der Waals surface area contributed by atoms with Gasteiger partial charge in [-0.05, 0) is 0 Å². The zero-order chi connectivity index (χ0) is 14.6. The SMILES string of the molecule is COC(=O)CC(C)S(=O)Cc1nc(C(C)(C)C)cs1. The van der Waals surface area contributed by atoms with Crippen molar-refractivity contribution in [1.29, 1.82) is 0 Å². The van der Waals surface area contributed by atoms with Gasteiger partial charge in [-0.1, -0.05) is 27.7 Å². The number of rotatable bonds is 5. The van der Waals surface area contributed by atoms with Crippen molar-refractivity contribution in [2.24, 2.45) is 0 Å². The molecule has 1 aromatic heterocycles. The van der Waals surface area contributed by atoms with E-state index in [4.69, 9.17) is 0 Å². The van der Waals surface area contributed by atoms with Crippen LogP contribution in [0.2, 0.25) is 0 Å². The Hall–Kier alpha value is -0.750. The molecular formula is C13H21NO3S2. The molecule has 4 nitrogen and oxygen atoms in total. The minimum absolute atomic E-state index is 0.00781. The van der Waals surface area contributed by atoms with Gasteiger partial charge in [-0.2, -0.15) is 0 Å². The molecule has 0 N–H and O–H groups in total. The molecule has 2 atom stereocenters. The number of carbonyl (C=O) groups excluding carboxylic acids is 1. The summed E-state index contributed by atoms with van der Waals surface area (Å²) in [6.07, 6.45) is 0.181. The van der Waals surface area contributed by atoms with Gasteiger partial charge in [-0.3, -0.25) is 9.00 Å². The first-order valence-electron chi connectivity index (χ1n) is 6.13. The van der Waals surface area contributed by atoms with E-state index in [1.165, 1.54) is 18.4 Å². The van der Waals surface area contributed by atoms with Gasteiger partial charge in [0, 0.05) is 26.8 Å². The molecule has 0 fully saturated rings. The van der Waals surface area contributed by atoms with Gasteiger partial charge in [0.1, 0.15) is 5.01 Å². The molecule has 6 heteroatoms. The molecule has 1 rings (SSSR count). The van der Waals surface area contributed by atoms with Crippen molar-refractivity contribution in [1.82, 2.24) is 4.98 Å². The standard InChI is InChI=1S/C13H21NO3S2/c1-9(6-12(15)17-5)19(16)8-11-14-10(7-18-11)13(2,3)4/h7,9H,6,8H2,1-5H3. The molecule has 1 aromatic rings. The van der Waals surface area contributed by atoms with E-state index in [9.17, 15) is 9.00 Å². The number of thiazole rings is 1. The second-order valence-electron chi connectivity index (χ2n) is 5.49. The van der Waals surface area contributed by atoms with E-state index in [0.29, 0.717) is 5.75 Å². The van der Waals surface area contributed by atoms with Crippen LogP contribution in [0, 0.1) is 0 Å². The van der Waals surface area contributed by atoms with Gasteiger partial charge in [0.25, 0.3) is 0 Å². The maximum absolute atomic E-state index is 12.1. The van der Waals surface area contributed by atoms with E-state index in [2.05, 4.69) is 30.5 Å². The summed E-state index contributed by atoms with van der Waals surface area (Å²) in [4.78, 5) is 15.7. The van der Waals surface area contributed by atoms with Crippen LogP contribution in [0.1, 0.15) is 44.8 Å². The van der Waals surface area contributed by atoms with Gasteiger partial charge >= 0.3 is 5.97 Å². The van der Waals surface area contributed by atoms with Gasteiger partial charge in [0.05, 0.1) is 25.0 Å². The third-order valence-electron chi connectivity index (χ3n) is 2.72. The summed E-state index contributed by atoms with van der Waals surface area (Å²) in [5.74, 6) is 0.0780. The molecule has 0 saturated carbocycles. The molecule has 1 heterocycles. The number of ether oxygens (including phenoxy) is 1. The Morgan fingerprint density at radius 2 is 2.16 bits per heavy atom. The fraction of sp³-hybridized carbons (Fsp3) is 0.692. The van der Waals surface area contributed by atoms with Crippen LogP contribution >= 0.6 is 11.3 Å². The van der Waals surface area contributed by atoms with Gasteiger partial charge in [-0.15, -0.1) is 11.3 Å². The van der Waals surface area contributed by atoms with Crippen molar-refractivity contribution in [3.63, 3.8) is 0 Å². The highest BCUT2D eigenvalue weighted by molar-refractivity contribution is 7.85. The van der Waals surface area contributed by atoms with Gasteiger partial charge in [0.15, 0.2) is 0 Å². The quantitative estimate of drug-likeness (QED) is 0.785. The molecule has 0 spiro atoms. The zero-order valence-electron chi connectivity index (χ0n) is 12.1. The number of hydrogen-bond acceptors (Lipinski definition) is 5. The van der Waals surface area contributed by atoms with Crippen LogP contribution in [0.3, 0.4) is 0 Å². The van der Waals surface area contributed by atoms with Crippen LogP contribution in [0.25, 0.3) is 0 Å². The molecule has 0 aliphatic rings.